The van der Waals surface area contributed by atoms with Gasteiger partial charge in [0, 0.05) is 12.7 Å². The molecular formula is C12H15N3O3S2. The first kappa shape index (κ1) is 13.7. The largest absolute Gasteiger partial charge is 0.378 e. The average molecular weight is 313 g/mol. The molecule has 6 nitrogen and oxygen atoms in total. The molecule has 108 valence electrons. The topological polar surface area (TPSA) is 74.1 Å². The van der Waals surface area contributed by atoms with Gasteiger partial charge in [-0.3, -0.25) is 0 Å². The molecule has 0 saturated heterocycles. The number of rotatable bonds is 3. The molecule has 0 aromatic carbocycles. The highest BCUT2D eigenvalue weighted by molar-refractivity contribution is 7.94. The molecule has 0 radical (unpaired) electrons. The molecule has 0 N–H and O–H groups in total. The fraction of sp³-hybridized carbons (Fsp3) is 0.500. The summed E-state index contributed by atoms with van der Waals surface area (Å²) in [6.45, 7) is 2.15. The Bertz CT molecular complexity index is 720. The molecular weight excluding hydrogens is 298 g/mol. The van der Waals surface area contributed by atoms with Gasteiger partial charge in [0.15, 0.2) is 9.84 Å². The van der Waals surface area contributed by atoms with Crippen molar-refractivity contribution in [3.63, 3.8) is 0 Å². The Balaban J connectivity index is 2.03. The Morgan fingerprint density at radius 3 is 3.10 bits per heavy atom. The molecule has 0 spiro atoms. The molecule has 0 amide bonds. The van der Waals surface area contributed by atoms with Crippen LogP contribution in [-0.2, 0) is 21.2 Å². The maximum Gasteiger partial charge on any atom is 0.190 e. The second-order valence-electron chi connectivity index (χ2n) is 4.89. The van der Waals surface area contributed by atoms with E-state index < -0.39 is 15.1 Å². The highest BCUT2D eigenvalue weighted by Gasteiger charge is 2.38. The molecule has 3 rings (SSSR count). The van der Waals surface area contributed by atoms with Crippen LogP contribution in [0.5, 0.6) is 0 Å². The number of hydrogen-bond acceptors (Lipinski definition) is 6. The molecule has 2 atom stereocenters. The van der Waals surface area contributed by atoms with Crippen LogP contribution in [0, 0.1) is 0 Å². The molecule has 8 heteroatoms. The smallest absolute Gasteiger partial charge is 0.190 e. The van der Waals surface area contributed by atoms with E-state index in [4.69, 9.17) is 4.74 Å². The van der Waals surface area contributed by atoms with E-state index in [1.54, 1.807) is 18.7 Å². The number of methoxy groups -OCH3 is 1. The van der Waals surface area contributed by atoms with E-state index in [2.05, 4.69) is 10.3 Å². The van der Waals surface area contributed by atoms with Crippen molar-refractivity contribution >= 4 is 21.2 Å². The monoisotopic (exact) mass is 313 g/mol. The third-order valence-electron chi connectivity index (χ3n) is 3.53. The number of aromatic nitrogens is 3. The summed E-state index contributed by atoms with van der Waals surface area (Å²) in [5.74, 6) is 0. The molecule has 1 aliphatic rings. The van der Waals surface area contributed by atoms with Crippen molar-refractivity contribution in [2.45, 2.75) is 35.5 Å². The van der Waals surface area contributed by atoms with Gasteiger partial charge in [0.1, 0.15) is 9.90 Å². The summed E-state index contributed by atoms with van der Waals surface area (Å²) in [6.07, 6.45) is 2.34. The first-order valence-electron chi connectivity index (χ1n) is 6.25. The molecule has 3 heterocycles. The zero-order valence-electron chi connectivity index (χ0n) is 11.2. The van der Waals surface area contributed by atoms with Crippen molar-refractivity contribution in [3.8, 4) is 0 Å². The molecule has 20 heavy (non-hydrogen) atoms. The van der Waals surface area contributed by atoms with Crippen molar-refractivity contribution in [1.82, 2.24) is 15.0 Å². The Morgan fingerprint density at radius 1 is 1.55 bits per heavy atom. The van der Waals surface area contributed by atoms with Gasteiger partial charge in [0.25, 0.3) is 0 Å². The summed E-state index contributed by atoms with van der Waals surface area (Å²) < 4.78 is 31.8. The van der Waals surface area contributed by atoms with E-state index in [1.807, 2.05) is 17.6 Å². The number of fused-ring (bicyclic) bond motifs is 1. The van der Waals surface area contributed by atoms with Gasteiger partial charge >= 0.3 is 0 Å². The summed E-state index contributed by atoms with van der Waals surface area (Å²) in [4.78, 5) is 0. The SMILES string of the molecule is COCc1cn([C@H]2C[C@H](C)S(=O)(=O)c3sccc32)nn1. The van der Waals surface area contributed by atoms with E-state index in [-0.39, 0.29) is 6.04 Å². The minimum atomic E-state index is -3.19. The number of hydrogen-bond donors (Lipinski definition) is 0. The van der Waals surface area contributed by atoms with Crippen LogP contribution in [0.1, 0.15) is 30.6 Å². The van der Waals surface area contributed by atoms with E-state index >= 15 is 0 Å². The molecule has 2 aromatic rings. The van der Waals surface area contributed by atoms with Crippen LogP contribution in [0.15, 0.2) is 21.9 Å². The predicted molar refractivity (Wildman–Crippen MR) is 74.5 cm³/mol. The van der Waals surface area contributed by atoms with E-state index in [9.17, 15) is 8.42 Å². The van der Waals surface area contributed by atoms with Crippen LogP contribution in [0.4, 0.5) is 0 Å². The predicted octanol–water partition coefficient (Wildman–Crippen LogP) is 1.64. The molecule has 2 aromatic heterocycles. The number of nitrogens with zero attached hydrogens (tertiary/aromatic N) is 3. The quantitative estimate of drug-likeness (QED) is 0.861. The van der Waals surface area contributed by atoms with Gasteiger partial charge in [-0.05, 0) is 24.8 Å². The van der Waals surface area contributed by atoms with Gasteiger partial charge in [-0.15, -0.1) is 16.4 Å². The second kappa shape index (κ2) is 4.94. The van der Waals surface area contributed by atoms with Gasteiger partial charge in [-0.25, -0.2) is 13.1 Å². The fourth-order valence-corrected chi connectivity index (χ4v) is 5.67. The standard InChI is InChI=1S/C12H15N3O3S2/c1-8-5-11(15-6-9(7-18-2)13-14-15)10-3-4-19-12(10)20(8,16)17/h3-4,6,8,11H,5,7H2,1-2H3/t8-,11-/m0/s1. The van der Waals surface area contributed by atoms with Crippen LogP contribution < -0.4 is 0 Å². The van der Waals surface area contributed by atoms with Crippen molar-refractivity contribution in [1.29, 1.82) is 0 Å². The maximum atomic E-state index is 12.3. The lowest BCUT2D eigenvalue weighted by Crippen LogP contribution is -2.29. The number of thiophene rings is 1. The van der Waals surface area contributed by atoms with Gasteiger partial charge in [0.05, 0.1) is 24.1 Å². The van der Waals surface area contributed by atoms with Gasteiger partial charge < -0.3 is 4.74 Å². The summed E-state index contributed by atoms with van der Waals surface area (Å²) in [6, 6.07) is 1.79. The maximum absolute atomic E-state index is 12.3. The summed E-state index contributed by atoms with van der Waals surface area (Å²) in [7, 11) is -1.59. The van der Waals surface area contributed by atoms with Crippen LogP contribution in [0.3, 0.4) is 0 Å². The van der Waals surface area contributed by atoms with Crippen LogP contribution in [-0.4, -0.2) is 35.8 Å². The van der Waals surface area contributed by atoms with Crippen LogP contribution in [0.2, 0.25) is 0 Å². The molecule has 0 aliphatic carbocycles. The van der Waals surface area contributed by atoms with E-state index in [1.165, 1.54) is 11.3 Å². The lowest BCUT2D eigenvalue weighted by molar-refractivity contribution is 0.181. The third kappa shape index (κ3) is 2.07. The van der Waals surface area contributed by atoms with Crippen LogP contribution >= 0.6 is 11.3 Å². The van der Waals surface area contributed by atoms with Crippen molar-refractivity contribution in [2.75, 3.05) is 7.11 Å². The Morgan fingerprint density at radius 2 is 2.35 bits per heavy atom. The Hall–Kier alpha value is -1.25. The van der Waals surface area contributed by atoms with E-state index in [0.717, 1.165) is 11.3 Å². The fourth-order valence-electron chi connectivity index (χ4n) is 2.46. The molecule has 0 fully saturated rings. The molecule has 1 aliphatic heterocycles. The molecule has 0 bridgehead atoms. The van der Waals surface area contributed by atoms with Crippen LogP contribution in [0.25, 0.3) is 0 Å². The van der Waals surface area contributed by atoms with Crippen molar-refractivity contribution < 1.29 is 13.2 Å². The third-order valence-corrected chi connectivity index (χ3v) is 7.24. The first-order valence-corrected chi connectivity index (χ1v) is 8.67. The lowest BCUT2D eigenvalue weighted by atomic mass is 10.1. The zero-order chi connectivity index (χ0) is 14.3. The lowest BCUT2D eigenvalue weighted by Gasteiger charge is -2.26. The van der Waals surface area contributed by atoms with Gasteiger partial charge in [-0.2, -0.15) is 0 Å². The zero-order valence-corrected chi connectivity index (χ0v) is 12.8. The van der Waals surface area contributed by atoms with Gasteiger partial charge in [0.2, 0.25) is 0 Å². The van der Waals surface area contributed by atoms with Crippen molar-refractivity contribution in [3.05, 3.63) is 28.9 Å². The second-order valence-corrected chi connectivity index (χ2v) is 8.37. The van der Waals surface area contributed by atoms with E-state index in [0.29, 0.717) is 17.2 Å². The number of sulfone groups is 1. The van der Waals surface area contributed by atoms with Gasteiger partial charge in [-0.1, -0.05) is 5.21 Å². The Labute approximate surface area is 121 Å². The average Bonchev–Trinajstić information content (AvgIpc) is 3.04. The highest BCUT2D eigenvalue weighted by atomic mass is 32.2. The van der Waals surface area contributed by atoms with Crippen molar-refractivity contribution in [2.24, 2.45) is 0 Å². The first-order chi connectivity index (χ1) is 9.54. The summed E-state index contributed by atoms with van der Waals surface area (Å²) in [5, 5.41) is 9.57. The minimum Gasteiger partial charge on any atom is -0.378 e. The Kier molecular flexibility index (Phi) is 3.39. The summed E-state index contributed by atoms with van der Waals surface area (Å²) >= 11 is 1.28. The minimum absolute atomic E-state index is 0.0760. The molecule has 0 unspecified atom stereocenters. The number of ether oxygens (including phenoxy) is 1. The molecule has 0 saturated carbocycles. The normalized spacial score (nSPS) is 24.5. The highest BCUT2D eigenvalue weighted by Crippen LogP contribution is 2.41. The summed E-state index contributed by atoms with van der Waals surface area (Å²) in [5.41, 5.74) is 1.56.